The molecular formula is C22H23F2N3O4. The van der Waals surface area contributed by atoms with Crippen molar-refractivity contribution in [2.45, 2.75) is 27.6 Å². The van der Waals surface area contributed by atoms with Crippen LogP contribution in [-0.2, 0) is 13.8 Å². The van der Waals surface area contributed by atoms with Gasteiger partial charge in [0.25, 0.3) is 5.56 Å². The first-order chi connectivity index (χ1) is 14.8. The number of aryl methyl sites for hydroxylation is 1. The molecule has 1 heterocycles. The molecule has 164 valence electrons. The fourth-order valence-corrected chi connectivity index (χ4v) is 2.69. The summed E-state index contributed by atoms with van der Waals surface area (Å²) in [5.41, 5.74) is -2.16. The van der Waals surface area contributed by atoms with Crippen LogP contribution in [0.4, 0.5) is 20.3 Å². The van der Waals surface area contributed by atoms with E-state index in [1.54, 1.807) is 31.2 Å². The Bertz CT molecular complexity index is 1190. The van der Waals surface area contributed by atoms with Gasteiger partial charge in [0, 0.05) is 7.05 Å². The maximum Gasteiger partial charge on any atom is 0.352 e. The Kier molecular flexibility index (Phi) is 7.84. The van der Waals surface area contributed by atoms with Crippen molar-refractivity contribution < 1.29 is 18.3 Å². The molecule has 1 N–H and O–H groups in total. The van der Waals surface area contributed by atoms with Crippen LogP contribution >= 0.6 is 0 Å². The Labute approximate surface area is 177 Å². The second kappa shape index (κ2) is 10.3. The lowest BCUT2D eigenvalue weighted by atomic mass is 10.2. The molecule has 0 aliphatic carbocycles. The summed E-state index contributed by atoms with van der Waals surface area (Å²) in [5, 5.41) is 2.50. The molecule has 0 saturated heterocycles. The molecule has 0 amide bonds. The second-order valence-corrected chi connectivity index (χ2v) is 6.23. The first-order valence-electron chi connectivity index (χ1n) is 9.53. The minimum Gasteiger partial charge on any atom is -0.423 e. The standard InChI is InChI=1S/C20H17F2N3O4.C2H6/c1-12-8-9-15(14(22)10-12)23-17-16(18(26)24(2)20(28)25(17)11-21)19(27)29-13-6-4-3-5-7-13;1-2/h3-10,23H,11H2,1-2H3;1-2H3. The fourth-order valence-electron chi connectivity index (χ4n) is 2.69. The van der Waals surface area contributed by atoms with E-state index in [2.05, 4.69) is 5.32 Å². The topological polar surface area (TPSA) is 82.3 Å². The van der Waals surface area contributed by atoms with E-state index in [-0.39, 0.29) is 11.4 Å². The summed E-state index contributed by atoms with van der Waals surface area (Å²) >= 11 is 0. The van der Waals surface area contributed by atoms with Gasteiger partial charge in [-0.05, 0) is 36.8 Å². The molecule has 0 fully saturated rings. The summed E-state index contributed by atoms with van der Waals surface area (Å²) in [7, 11) is 1.10. The van der Waals surface area contributed by atoms with Crippen molar-refractivity contribution in [2.24, 2.45) is 7.05 Å². The zero-order valence-electron chi connectivity index (χ0n) is 17.6. The number of carbonyl (C=O) groups is 1. The third-order valence-electron chi connectivity index (χ3n) is 4.20. The first kappa shape index (κ1) is 23.5. The molecule has 0 atom stereocenters. The molecule has 0 radical (unpaired) electrons. The van der Waals surface area contributed by atoms with Crippen molar-refractivity contribution in [1.29, 1.82) is 0 Å². The Morgan fingerprint density at radius 3 is 2.32 bits per heavy atom. The molecule has 0 unspecified atom stereocenters. The van der Waals surface area contributed by atoms with Crippen LogP contribution in [0.25, 0.3) is 0 Å². The average molecular weight is 431 g/mol. The van der Waals surface area contributed by atoms with E-state index in [1.165, 1.54) is 24.3 Å². The molecular weight excluding hydrogens is 408 g/mol. The molecule has 0 saturated carbocycles. The molecule has 3 aromatic rings. The lowest BCUT2D eigenvalue weighted by Gasteiger charge is -2.17. The molecule has 7 nitrogen and oxygen atoms in total. The highest BCUT2D eigenvalue weighted by molar-refractivity contribution is 5.96. The number of ether oxygens (including phenoxy) is 1. The van der Waals surface area contributed by atoms with Crippen LogP contribution in [0.5, 0.6) is 5.75 Å². The third kappa shape index (κ3) is 5.06. The second-order valence-electron chi connectivity index (χ2n) is 6.23. The molecule has 0 bridgehead atoms. The van der Waals surface area contributed by atoms with Crippen molar-refractivity contribution in [3.63, 3.8) is 0 Å². The third-order valence-corrected chi connectivity index (χ3v) is 4.20. The van der Waals surface area contributed by atoms with E-state index < -0.39 is 41.2 Å². The summed E-state index contributed by atoms with van der Waals surface area (Å²) in [6, 6.07) is 12.0. The fraction of sp³-hybridized carbons (Fsp3) is 0.227. The molecule has 0 spiro atoms. The maximum atomic E-state index is 14.3. The summed E-state index contributed by atoms with van der Waals surface area (Å²) in [4.78, 5) is 37.6. The van der Waals surface area contributed by atoms with Gasteiger partial charge < -0.3 is 10.1 Å². The average Bonchev–Trinajstić information content (AvgIpc) is 2.76. The number of rotatable bonds is 5. The van der Waals surface area contributed by atoms with E-state index >= 15 is 0 Å². The van der Waals surface area contributed by atoms with Crippen LogP contribution < -0.4 is 21.3 Å². The number of nitrogens with one attached hydrogen (secondary N) is 1. The lowest BCUT2D eigenvalue weighted by molar-refractivity contribution is 0.0732. The molecule has 9 heteroatoms. The Balaban J connectivity index is 0.00000166. The molecule has 31 heavy (non-hydrogen) atoms. The van der Waals surface area contributed by atoms with Crippen LogP contribution in [0, 0.1) is 12.7 Å². The van der Waals surface area contributed by atoms with E-state index in [4.69, 9.17) is 4.74 Å². The van der Waals surface area contributed by atoms with Gasteiger partial charge in [-0.25, -0.2) is 22.9 Å². The van der Waals surface area contributed by atoms with Gasteiger partial charge in [0.15, 0.2) is 12.4 Å². The van der Waals surface area contributed by atoms with E-state index in [0.717, 1.165) is 7.05 Å². The number of halogens is 2. The summed E-state index contributed by atoms with van der Waals surface area (Å²) in [6.45, 7) is 4.32. The molecule has 2 aromatic carbocycles. The zero-order chi connectivity index (χ0) is 23.1. The predicted molar refractivity (Wildman–Crippen MR) is 114 cm³/mol. The monoisotopic (exact) mass is 431 g/mol. The zero-order valence-corrected chi connectivity index (χ0v) is 17.6. The Morgan fingerprint density at radius 2 is 1.74 bits per heavy atom. The highest BCUT2D eigenvalue weighted by Crippen LogP contribution is 2.23. The SMILES string of the molecule is CC.Cc1ccc(Nc2c(C(=O)Oc3ccccc3)c(=O)n(C)c(=O)n2CF)c(F)c1. The Morgan fingerprint density at radius 1 is 1.10 bits per heavy atom. The first-order valence-corrected chi connectivity index (χ1v) is 9.53. The number of benzene rings is 2. The van der Waals surface area contributed by atoms with Gasteiger partial charge >= 0.3 is 11.7 Å². The predicted octanol–water partition coefficient (Wildman–Crippen LogP) is 3.91. The molecule has 0 aliphatic rings. The van der Waals surface area contributed by atoms with Gasteiger partial charge in [-0.2, -0.15) is 0 Å². The number of hydrogen-bond donors (Lipinski definition) is 1. The minimum absolute atomic E-state index is 0.140. The smallest absolute Gasteiger partial charge is 0.352 e. The summed E-state index contributed by atoms with van der Waals surface area (Å²) in [5.74, 6) is -2.17. The van der Waals surface area contributed by atoms with Crippen molar-refractivity contribution in [1.82, 2.24) is 9.13 Å². The van der Waals surface area contributed by atoms with Crippen LogP contribution in [0.1, 0.15) is 29.8 Å². The van der Waals surface area contributed by atoms with Gasteiger partial charge in [-0.1, -0.05) is 38.1 Å². The lowest BCUT2D eigenvalue weighted by Crippen LogP contribution is -2.42. The number of nitrogens with zero attached hydrogens (tertiary/aromatic N) is 2. The van der Waals surface area contributed by atoms with Gasteiger partial charge in [0.2, 0.25) is 0 Å². The summed E-state index contributed by atoms with van der Waals surface area (Å²) < 4.78 is 34.2. The van der Waals surface area contributed by atoms with Gasteiger partial charge in [0.05, 0.1) is 5.69 Å². The van der Waals surface area contributed by atoms with Crippen molar-refractivity contribution in [2.75, 3.05) is 5.32 Å². The quantitative estimate of drug-likeness (QED) is 0.489. The highest BCUT2D eigenvalue weighted by atomic mass is 19.1. The highest BCUT2D eigenvalue weighted by Gasteiger charge is 2.26. The normalized spacial score (nSPS) is 10.1. The summed E-state index contributed by atoms with van der Waals surface area (Å²) in [6.07, 6.45) is 0. The number of carbonyl (C=O) groups excluding carboxylic acids is 1. The number of esters is 1. The van der Waals surface area contributed by atoms with Gasteiger partial charge in [-0.15, -0.1) is 0 Å². The van der Waals surface area contributed by atoms with E-state index in [0.29, 0.717) is 14.7 Å². The number of para-hydroxylation sites is 1. The largest absolute Gasteiger partial charge is 0.423 e. The van der Waals surface area contributed by atoms with Crippen molar-refractivity contribution >= 4 is 17.5 Å². The van der Waals surface area contributed by atoms with Crippen LogP contribution in [0.2, 0.25) is 0 Å². The van der Waals surface area contributed by atoms with Gasteiger partial charge in [0.1, 0.15) is 17.4 Å². The van der Waals surface area contributed by atoms with E-state index in [9.17, 15) is 23.2 Å². The van der Waals surface area contributed by atoms with Crippen molar-refractivity contribution in [3.8, 4) is 5.75 Å². The molecule has 1 aromatic heterocycles. The molecule has 3 rings (SSSR count). The maximum absolute atomic E-state index is 14.3. The van der Waals surface area contributed by atoms with Crippen LogP contribution in [-0.4, -0.2) is 15.1 Å². The number of hydrogen-bond acceptors (Lipinski definition) is 5. The van der Waals surface area contributed by atoms with E-state index in [1.807, 2.05) is 13.8 Å². The minimum atomic E-state index is -1.35. The molecule has 0 aliphatic heterocycles. The number of aromatic nitrogens is 2. The van der Waals surface area contributed by atoms with Crippen LogP contribution in [0.15, 0.2) is 58.1 Å². The van der Waals surface area contributed by atoms with Crippen molar-refractivity contribution in [3.05, 3.63) is 86.3 Å². The Hall–Kier alpha value is -3.75. The van der Waals surface area contributed by atoms with Crippen LogP contribution in [0.3, 0.4) is 0 Å². The van der Waals surface area contributed by atoms with Gasteiger partial charge in [-0.3, -0.25) is 9.36 Å². The number of anilines is 2. The number of alkyl halides is 1.